The quantitative estimate of drug-likeness (QED) is 0.891. The van der Waals surface area contributed by atoms with Crippen molar-refractivity contribution in [1.29, 1.82) is 0 Å². The van der Waals surface area contributed by atoms with Crippen LogP contribution in [0.2, 0.25) is 5.02 Å². The Morgan fingerprint density at radius 3 is 2.72 bits per heavy atom. The van der Waals surface area contributed by atoms with Gasteiger partial charge in [-0.1, -0.05) is 23.7 Å². The first kappa shape index (κ1) is 12.6. The van der Waals surface area contributed by atoms with Gasteiger partial charge in [0, 0.05) is 17.6 Å². The molecule has 5 heteroatoms. The van der Waals surface area contributed by atoms with Crippen molar-refractivity contribution in [3.05, 3.63) is 57.1 Å². The summed E-state index contributed by atoms with van der Waals surface area (Å²) in [5.74, 6) is 1.21. The molecule has 0 saturated carbocycles. The molecule has 18 heavy (non-hydrogen) atoms. The number of halogens is 1. The lowest BCUT2D eigenvalue weighted by Crippen LogP contribution is -2.13. The van der Waals surface area contributed by atoms with E-state index in [-0.39, 0.29) is 5.56 Å². The van der Waals surface area contributed by atoms with Gasteiger partial charge in [-0.05, 0) is 31.0 Å². The zero-order chi connectivity index (χ0) is 13.0. The van der Waals surface area contributed by atoms with Crippen molar-refractivity contribution < 1.29 is 0 Å². The normalized spacial score (nSPS) is 10.3. The van der Waals surface area contributed by atoms with Gasteiger partial charge < -0.3 is 10.3 Å². The number of hydrogen-bond donors (Lipinski definition) is 2. The van der Waals surface area contributed by atoms with Gasteiger partial charge in [0.1, 0.15) is 11.6 Å². The zero-order valence-corrected chi connectivity index (χ0v) is 10.8. The second-order valence-corrected chi connectivity index (χ2v) is 4.46. The lowest BCUT2D eigenvalue weighted by molar-refractivity contribution is 0.969. The fourth-order valence-corrected chi connectivity index (χ4v) is 1.78. The van der Waals surface area contributed by atoms with Gasteiger partial charge in [-0.15, -0.1) is 0 Å². The number of nitrogens with one attached hydrogen (secondary N) is 2. The monoisotopic (exact) mass is 263 g/mol. The number of nitrogens with zero attached hydrogens (tertiary/aromatic N) is 1. The Hall–Kier alpha value is -1.81. The predicted molar refractivity (Wildman–Crippen MR) is 73.2 cm³/mol. The van der Waals surface area contributed by atoms with E-state index in [1.165, 1.54) is 11.6 Å². The number of anilines is 1. The van der Waals surface area contributed by atoms with E-state index in [1.54, 1.807) is 6.92 Å². The molecule has 0 spiro atoms. The summed E-state index contributed by atoms with van der Waals surface area (Å²) in [6, 6.07) is 9.16. The van der Waals surface area contributed by atoms with E-state index in [0.717, 1.165) is 18.0 Å². The largest absolute Gasteiger partial charge is 0.370 e. The number of hydrogen-bond acceptors (Lipinski definition) is 3. The molecule has 2 N–H and O–H groups in total. The smallest absolute Gasteiger partial charge is 0.252 e. The maximum Gasteiger partial charge on any atom is 0.252 e. The molecule has 1 heterocycles. The molecule has 0 radical (unpaired) electrons. The van der Waals surface area contributed by atoms with Gasteiger partial charge in [-0.25, -0.2) is 4.98 Å². The van der Waals surface area contributed by atoms with Crippen molar-refractivity contribution in [2.45, 2.75) is 13.3 Å². The van der Waals surface area contributed by atoms with Crippen LogP contribution in [0.4, 0.5) is 5.82 Å². The van der Waals surface area contributed by atoms with E-state index in [9.17, 15) is 4.79 Å². The van der Waals surface area contributed by atoms with Gasteiger partial charge in [-0.2, -0.15) is 0 Å². The summed E-state index contributed by atoms with van der Waals surface area (Å²) in [6.07, 6.45) is 0.852. The summed E-state index contributed by atoms with van der Waals surface area (Å²) in [6.45, 7) is 2.48. The molecule has 1 aromatic carbocycles. The molecule has 0 aliphatic heterocycles. The first-order valence-corrected chi connectivity index (χ1v) is 6.07. The minimum Gasteiger partial charge on any atom is -0.370 e. The highest BCUT2D eigenvalue weighted by molar-refractivity contribution is 6.30. The van der Waals surface area contributed by atoms with Crippen LogP contribution in [-0.4, -0.2) is 16.5 Å². The van der Waals surface area contributed by atoms with Crippen LogP contribution in [0.1, 0.15) is 11.4 Å². The molecule has 0 bridgehead atoms. The Morgan fingerprint density at radius 1 is 1.33 bits per heavy atom. The molecule has 0 amide bonds. The van der Waals surface area contributed by atoms with Crippen LogP contribution in [0.3, 0.4) is 0 Å². The first-order chi connectivity index (χ1) is 8.63. The van der Waals surface area contributed by atoms with Crippen molar-refractivity contribution in [1.82, 2.24) is 9.97 Å². The number of aromatic nitrogens is 2. The second kappa shape index (κ2) is 5.69. The predicted octanol–water partition coefficient (Wildman–Crippen LogP) is 2.39. The summed E-state index contributed by atoms with van der Waals surface area (Å²) in [7, 11) is 0. The topological polar surface area (TPSA) is 57.8 Å². The van der Waals surface area contributed by atoms with Gasteiger partial charge in [0.05, 0.1) is 0 Å². The summed E-state index contributed by atoms with van der Waals surface area (Å²) in [5, 5.41) is 3.86. The third-order valence-electron chi connectivity index (χ3n) is 2.49. The van der Waals surface area contributed by atoms with Gasteiger partial charge >= 0.3 is 0 Å². The SMILES string of the molecule is Cc1nc(NCCc2ccc(Cl)cc2)cc(=O)[nH]1. The molecule has 1 aromatic heterocycles. The molecule has 4 nitrogen and oxygen atoms in total. The highest BCUT2D eigenvalue weighted by Gasteiger charge is 1.98. The number of rotatable bonds is 4. The third kappa shape index (κ3) is 3.60. The van der Waals surface area contributed by atoms with E-state index in [1.807, 2.05) is 24.3 Å². The van der Waals surface area contributed by atoms with Gasteiger partial charge in [0.15, 0.2) is 0 Å². The van der Waals surface area contributed by atoms with Crippen molar-refractivity contribution in [3.8, 4) is 0 Å². The first-order valence-electron chi connectivity index (χ1n) is 5.70. The van der Waals surface area contributed by atoms with Crippen LogP contribution >= 0.6 is 11.6 Å². The number of aryl methyl sites for hydroxylation is 1. The van der Waals surface area contributed by atoms with Crippen molar-refractivity contribution >= 4 is 17.4 Å². The number of aromatic amines is 1. The standard InChI is InChI=1S/C13H14ClN3O/c1-9-16-12(8-13(18)17-9)15-7-6-10-2-4-11(14)5-3-10/h2-5,8H,6-7H2,1H3,(H2,15,16,17,18). The highest BCUT2D eigenvalue weighted by Crippen LogP contribution is 2.10. The maximum absolute atomic E-state index is 11.2. The fraction of sp³-hybridized carbons (Fsp3) is 0.231. The molecule has 0 saturated heterocycles. The summed E-state index contributed by atoms with van der Waals surface area (Å²) < 4.78 is 0. The van der Waals surface area contributed by atoms with E-state index < -0.39 is 0 Å². The summed E-state index contributed by atoms with van der Waals surface area (Å²) >= 11 is 5.81. The second-order valence-electron chi connectivity index (χ2n) is 4.02. The number of benzene rings is 1. The van der Waals surface area contributed by atoms with Crippen LogP contribution < -0.4 is 10.9 Å². The molecular formula is C13H14ClN3O. The fourth-order valence-electron chi connectivity index (χ4n) is 1.66. The van der Waals surface area contributed by atoms with Crippen molar-refractivity contribution in [2.24, 2.45) is 0 Å². The minimum absolute atomic E-state index is 0.142. The lowest BCUT2D eigenvalue weighted by Gasteiger charge is -2.06. The van der Waals surface area contributed by atoms with Crippen LogP contribution in [0.15, 0.2) is 35.1 Å². The molecule has 0 fully saturated rings. The van der Waals surface area contributed by atoms with Gasteiger partial charge in [0.2, 0.25) is 0 Å². The maximum atomic E-state index is 11.2. The average molecular weight is 264 g/mol. The molecule has 2 rings (SSSR count). The third-order valence-corrected chi connectivity index (χ3v) is 2.75. The summed E-state index contributed by atoms with van der Waals surface area (Å²) in [5.41, 5.74) is 1.05. The Kier molecular flexibility index (Phi) is 3.99. The molecule has 0 atom stereocenters. The highest BCUT2D eigenvalue weighted by atomic mass is 35.5. The van der Waals surface area contributed by atoms with Crippen molar-refractivity contribution in [3.63, 3.8) is 0 Å². The molecular weight excluding hydrogens is 250 g/mol. The van der Waals surface area contributed by atoms with Crippen LogP contribution in [-0.2, 0) is 6.42 Å². The van der Waals surface area contributed by atoms with E-state index in [4.69, 9.17) is 11.6 Å². The van der Waals surface area contributed by atoms with E-state index in [2.05, 4.69) is 15.3 Å². The molecule has 2 aromatic rings. The average Bonchev–Trinajstić information content (AvgIpc) is 2.30. The van der Waals surface area contributed by atoms with Gasteiger partial charge in [-0.3, -0.25) is 4.79 Å². The Balaban J connectivity index is 1.92. The lowest BCUT2D eigenvalue weighted by atomic mass is 10.1. The summed E-state index contributed by atoms with van der Waals surface area (Å²) in [4.78, 5) is 18.0. The molecule has 94 valence electrons. The minimum atomic E-state index is -0.142. The van der Waals surface area contributed by atoms with E-state index >= 15 is 0 Å². The molecule has 0 aliphatic carbocycles. The molecule has 0 unspecified atom stereocenters. The zero-order valence-electron chi connectivity index (χ0n) is 10.0. The van der Waals surface area contributed by atoms with Crippen molar-refractivity contribution in [2.75, 3.05) is 11.9 Å². The Labute approximate surface area is 110 Å². The van der Waals surface area contributed by atoms with Crippen LogP contribution in [0.25, 0.3) is 0 Å². The van der Waals surface area contributed by atoms with Gasteiger partial charge in [0.25, 0.3) is 5.56 Å². The van der Waals surface area contributed by atoms with Crippen LogP contribution in [0.5, 0.6) is 0 Å². The van der Waals surface area contributed by atoms with E-state index in [0.29, 0.717) is 11.6 Å². The molecule has 0 aliphatic rings. The Morgan fingerprint density at radius 2 is 2.06 bits per heavy atom. The number of H-pyrrole nitrogens is 1. The Bertz CT molecular complexity index is 578. The van der Waals surface area contributed by atoms with Crippen LogP contribution in [0, 0.1) is 6.92 Å².